The van der Waals surface area contributed by atoms with Crippen molar-refractivity contribution in [2.45, 2.75) is 31.6 Å². The van der Waals surface area contributed by atoms with Gasteiger partial charge in [-0.25, -0.2) is 20.0 Å². The molecule has 2 aromatic rings. The highest BCUT2D eigenvalue weighted by Gasteiger charge is 2.31. The number of hydrogen-bond donors (Lipinski definition) is 2. The second kappa shape index (κ2) is 9.84. The lowest BCUT2D eigenvalue weighted by atomic mass is 9.84. The molecule has 33 heavy (non-hydrogen) atoms. The normalized spacial score (nSPS) is 14.4. The predicted octanol–water partition coefficient (Wildman–Crippen LogP) is 5.02. The number of halogens is 6. The molecule has 0 atom stereocenters. The van der Waals surface area contributed by atoms with Gasteiger partial charge in [0.05, 0.1) is 11.4 Å². The molecule has 176 valence electrons. The molecule has 2 heterocycles. The lowest BCUT2D eigenvalue weighted by Gasteiger charge is -2.23. The summed E-state index contributed by atoms with van der Waals surface area (Å²) < 4.78 is 74.6. The first-order valence-corrected chi connectivity index (χ1v) is 9.30. The number of aromatic nitrogens is 2. The third-order valence-electron chi connectivity index (χ3n) is 4.33. The maximum Gasteiger partial charge on any atom is 0.430 e. The predicted molar refractivity (Wildman–Crippen MR) is 114 cm³/mol. The molecule has 0 aromatic carbocycles. The lowest BCUT2D eigenvalue weighted by Crippen LogP contribution is -2.22. The summed E-state index contributed by atoms with van der Waals surface area (Å²) in [6.45, 7) is 3.59. The molecule has 0 aliphatic rings. The number of nitrogens with two attached hydrogens (primary N) is 2. The highest BCUT2D eigenvalue weighted by molar-refractivity contribution is 5.75. The van der Waals surface area contributed by atoms with Crippen molar-refractivity contribution in [2.75, 3.05) is 0 Å². The zero-order valence-electron chi connectivity index (χ0n) is 17.5. The van der Waals surface area contributed by atoms with Crippen LogP contribution < -0.4 is 11.5 Å². The van der Waals surface area contributed by atoms with Crippen molar-refractivity contribution in [3.05, 3.63) is 71.3 Å². The topological polar surface area (TPSA) is 103 Å². The molecule has 0 fully saturated rings. The first-order valence-electron chi connectivity index (χ1n) is 9.30. The zero-order valence-corrected chi connectivity index (χ0v) is 17.5. The largest absolute Gasteiger partial charge is 0.430 e. The summed E-state index contributed by atoms with van der Waals surface area (Å²) >= 11 is 0. The van der Waals surface area contributed by atoms with Gasteiger partial charge >= 0.3 is 12.4 Å². The summed E-state index contributed by atoms with van der Waals surface area (Å²) in [7, 11) is 0. The van der Waals surface area contributed by atoms with E-state index in [1.165, 1.54) is 12.1 Å². The minimum absolute atomic E-state index is 0.147. The molecule has 0 bridgehead atoms. The third kappa shape index (κ3) is 7.16. The molecule has 0 unspecified atom stereocenters. The van der Waals surface area contributed by atoms with E-state index < -0.39 is 29.2 Å². The highest BCUT2D eigenvalue weighted by atomic mass is 19.4. The van der Waals surface area contributed by atoms with E-state index in [2.05, 4.69) is 20.0 Å². The molecule has 0 aliphatic heterocycles. The van der Waals surface area contributed by atoms with Crippen LogP contribution in [0, 0.1) is 0 Å². The van der Waals surface area contributed by atoms with Crippen molar-refractivity contribution in [2.24, 2.45) is 21.5 Å². The van der Waals surface area contributed by atoms with Crippen molar-refractivity contribution >= 4 is 24.1 Å². The quantitative estimate of drug-likeness (QED) is 0.457. The number of aliphatic imine (C=N–C) groups is 2. The number of allylic oxidation sites excluding steroid dienone is 4. The Balaban J connectivity index is 2.28. The van der Waals surface area contributed by atoms with E-state index in [-0.39, 0.29) is 11.6 Å². The van der Waals surface area contributed by atoms with Gasteiger partial charge in [-0.05, 0) is 50.3 Å². The van der Waals surface area contributed by atoms with Gasteiger partial charge in [-0.1, -0.05) is 12.1 Å². The molecule has 0 radical (unpaired) electrons. The number of nitrogens with zero attached hydrogens (tertiary/aromatic N) is 4. The summed E-state index contributed by atoms with van der Waals surface area (Å²) in [5, 5.41) is 0. The molecule has 0 saturated heterocycles. The van der Waals surface area contributed by atoms with Gasteiger partial charge in [0, 0.05) is 17.8 Å². The van der Waals surface area contributed by atoms with Gasteiger partial charge in [-0.3, -0.25) is 0 Å². The van der Waals surface area contributed by atoms with E-state index >= 15 is 0 Å². The molecule has 6 nitrogen and oxygen atoms in total. The van der Waals surface area contributed by atoms with Gasteiger partial charge in [-0.2, -0.15) is 26.3 Å². The number of rotatable bonds is 6. The fourth-order valence-corrected chi connectivity index (χ4v) is 2.39. The van der Waals surface area contributed by atoms with Crippen LogP contribution in [0.2, 0.25) is 0 Å². The number of pyridine rings is 2. The molecule has 12 heteroatoms. The van der Waals surface area contributed by atoms with Crippen LogP contribution in [-0.4, -0.2) is 34.7 Å². The van der Waals surface area contributed by atoms with E-state index in [0.29, 0.717) is 23.5 Å². The highest BCUT2D eigenvalue weighted by Crippen LogP contribution is 2.31. The fourth-order valence-electron chi connectivity index (χ4n) is 2.39. The Labute approximate surface area is 185 Å². The second-order valence-corrected chi connectivity index (χ2v) is 7.18. The maximum absolute atomic E-state index is 12.4. The summed E-state index contributed by atoms with van der Waals surface area (Å²) in [5.74, 6) is 0.294. The molecule has 4 N–H and O–H groups in total. The maximum atomic E-state index is 12.4. The Morgan fingerprint density at radius 2 is 1.09 bits per heavy atom. The monoisotopic (exact) mass is 470 g/mol. The molecule has 0 amide bonds. The van der Waals surface area contributed by atoms with Crippen molar-refractivity contribution in [3.63, 3.8) is 0 Å². The van der Waals surface area contributed by atoms with E-state index in [1.807, 2.05) is 0 Å². The van der Waals surface area contributed by atoms with Crippen LogP contribution in [0.4, 0.5) is 38.0 Å². The number of alkyl halides is 6. The van der Waals surface area contributed by atoms with Crippen LogP contribution in [0.15, 0.2) is 69.9 Å². The van der Waals surface area contributed by atoms with Crippen molar-refractivity contribution < 1.29 is 26.3 Å². The Bertz CT molecular complexity index is 1010. The lowest BCUT2D eigenvalue weighted by molar-refractivity contribution is -0.0933. The Kier molecular flexibility index (Phi) is 7.62. The fraction of sp³-hybridized carbons (Fsp3) is 0.238. The Morgan fingerprint density at radius 1 is 0.727 bits per heavy atom. The van der Waals surface area contributed by atoms with Crippen LogP contribution >= 0.6 is 0 Å². The van der Waals surface area contributed by atoms with Gasteiger partial charge in [0.2, 0.25) is 0 Å². The smallest absolute Gasteiger partial charge is 0.395 e. The van der Waals surface area contributed by atoms with Gasteiger partial charge in [0.1, 0.15) is 11.4 Å². The van der Waals surface area contributed by atoms with Crippen LogP contribution in [0.25, 0.3) is 0 Å². The number of hydrogen-bond acceptors (Lipinski definition) is 6. The SMILES string of the molecule is CC(C)(c1cccc(N=CC=C(N)C(F)(F)F)n1)c1cccc(N=CC=C(N)C(F)(F)F)n1. The van der Waals surface area contributed by atoms with Gasteiger partial charge in [0.15, 0.2) is 11.6 Å². The minimum Gasteiger partial charge on any atom is -0.395 e. The first-order chi connectivity index (χ1) is 15.2. The molecule has 0 saturated carbocycles. The standard InChI is InChI=1S/C21H20F6N6/c1-19(2,15-5-3-7-17(32-15)30-11-9-13(28)20(22,23)24)16-6-4-8-18(33-16)31-12-10-14(29)21(25,26)27/h3-12H,28-29H2,1-2H3. The van der Waals surface area contributed by atoms with Crippen LogP contribution in [0.3, 0.4) is 0 Å². The van der Waals surface area contributed by atoms with Crippen molar-refractivity contribution in [1.29, 1.82) is 0 Å². The van der Waals surface area contributed by atoms with Crippen molar-refractivity contribution in [3.8, 4) is 0 Å². The van der Waals surface area contributed by atoms with E-state index in [9.17, 15) is 26.3 Å². The molecule has 2 aromatic heterocycles. The summed E-state index contributed by atoms with van der Waals surface area (Å²) in [6.07, 6.45) is -6.26. The summed E-state index contributed by atoms with van der Waals surface area (Å²) in [6, 6.07) is 9.62. The molecule has 0 spiro atoms. The average Bonchev–Trinajstić information content (AvgIpc) is 2.72. The van der Waals surface area contributed by atoms with E-state index in [1.54, 1.807) is 38.1 Å². The molecular formula is C21H20F6N6. The second-order valence-electron chi connectivity index (χ2n) is 7.18. The minimum atomic E-state index is -4.66. The zero-order chi connectivity index (χ0) is 24.9. The van der Waals surface area contributed by atoms with Crippen molar-refractivity contribution in [1.82, 2.24) is 9.97 Å². The summed E-state index contributed by atoms with van der Waals surface area (Å²) in [5.41, 5.74) is 7.45. The Morgan fingerprint density at radius 3 is 1.42 bits per heavy atom. The molecule has 2 rings (SSSR count). The molecule has 0 aliphatic carbocycles. The van der Waals surface area contributed by atoms with Gasteiger partial charge < -0.3 is 11.5 Å². The van der Waals surface area contributed by atoms with Gasteiger partial charge in [-0.15, -0.1) is 0 Å². The van der Waals surface area contributed by atoms with E-state index in [0.717, 1.165) is 12.4 Å². The third-order valence-corrected chi connectivity index (χ3v) is 4.33. The molecular weight excluding hydrogens is 450 g/mol. The van der Waals surface area contributed by atoms with Crippen LogP contribution in [0.1, 0.15) is 25.2 Å². The van der Waals surface area contributed by atoms with Crippen LogP contribution in [0.5, 0.6) is 0 Å². The Hall–Kier alpha value is -3.70. The van der Waals surface area contributed by atoms with Gasteiger partial charge in [0.25, 0.3) is 0 Å². The average molecular weight is 470 g/mol. The summed E-state index contributed by atoms with van der Waals surface area (Å²) in [4.78, 5) is 16.4. The van der Waals surface area contributed by atoms with Crippen LogP contribution in [-0.2, 0) is 5.41 Å². The first kappa shape index (κ1) is 25.6. The van der Waals surface area contributed by atoms with E-state index in [4.69, 9.17) is 11.5 Å².